The van der Waals surface area contributed by atoms with Gasteiger partial charge in [0.25, 0.3) is 0 Å². The number of oxazole rings is 1. The largest absolute Gasteiger partial charge is 0.450 e. The number of alkyl carbamates (subject to hydrolysis) is 1. The lowest BCUT2D eigenvalue weighted by Crippen LogP contribution is -2.23. The number of hydrogen-bond acceptors (Lipinski definition) is 4. The molecule has 1 N–H and O–H groups in total. The van der Waals surface area contributed by atoms with Crippen molar-refractivity contribution < 1.29 is 13.9 Å². The zero-order chi connectivity index (χ0) is 9.68. The fourth-order valence-electron chi connectivity index (χ4n) is 0.813. The second-order valence-corrected chi connectivity index (χ2v) is 2.44. The van der Waals surface area contributed by atoms with Crippen molar-refractivity contribution in [1.29, 1.82) is 0 Å². The van der Waals surface area contributed by atoms with E-state index in [-0.39, 0.29) is 6.54 Å². The molecular weight excluding hydrogens is 172 g/mol. The highest BCUT2D eigenvalue weighted by Gasteiger charge is 2.03. The van der Waals surface area contributed by atoms with Gasteiger partial charge in [0.2, 0.25) is 5.89 Å². The van der Waals surface area contributed by atoms with Gasteiger partial charge in [-0.3, -0.25) is 0 Å². The first-order valence-corrected chi connectivity index (χ1v) is 4.04. The Bertz CT molecular complexity index is 283. The average Bonchev–Trinajstić information content (AvgIpc) is 2.49. The van der Waals surface area contributed by atoms with E-state index >= 15 is 0 Å². The molecule has 0 aromatic carbocycles. The van der Waals surface area contributed by atoms with Crippen LogP contribution in [0.5, 0.6) is 0 Å². The Hall–Kier alpha value is -1.52. The number of carbonyl (C=O) groups is 1. The van der Waals surface area contributed by atoms with E-state index in [0.717, 1.165) is 5.76 Å². The summed E-state index contributed by atoms with van der Waals surface area (Å²) in [4.78, 5) is 14.7. The van der Waals surface area contributed by atoms with Gasteiger partial charge in [-0.05, 0) is 13.8 Å². The van der Waals surface area contributed by atoms with E-state index in [9.17, 15) is 4.79 Å². The molecule has 5 nitrogen and oxygen atoms in total. The summed E-state index contributed by atoms with van der Waals surface area (Å²) in [5.74, 6) is 1.20. The molecule has 1 heterocycles. The van der Waals surface area contributed by atoms with Crippen LogP contribution in [-0.4, -0.2) is 17.7 Å². The van der Waals surface area contributed by atoms with E-state index in [0.29, 0.717) is 12.5 Å². The smallest absolute Gasteiger partial charge is 0.407 e. The third kappa shape index (κ3) is 3.14. The molecule has 0 fully saturated rings. The van der Waals surface area contributed by atoms with Gasteiger partial charge in [-0.2, -0.15) is 0 Å². The normalized spacial score (nSPS) is 9.69. The van der Waals surface area contributed by atoms with E-state index in [1.807, 2.05) is 0 Å². The van der Waals surface area contributed by atoms with E-state index in [4.69, 9.17) is 4.42 Å². The fourth-order valence-corrected chi connectivity index (χ4v) is 0.813. The predicted molar refractivity (Wildman–Crippen MR) is 45.1 cm³/mol. The molecule has 0 saturated heterocycles. The second-order valence-electron chi connectivity index (χ2n) is 2.44. The molecule has 13 heavy (non-hydrogen) atoms. The third-order valence-corrected chi connectivity index (χ3v) is 1.33. The monoisotopic (exact) mass is 184 g/mol. The number of hydrogen-bond donors (Lipinski definition) is 1. The molecule has 1 aromatic heterocycles. The Morgan fingerprint density at radius 3 is 3.08 bits per heavy atom. The molecule has 0 atom stereocenters. The number of aromatic nitrogens is 1. The van der Waals surface area contributed by atoms with E-state index < -0.39 is 6.09 Å². The van der Waals surface area contributed by atoms with Crippen LogP contribution in [-0.2, 0) is 11.3 Å². The van der Waals surface area contributed by atoms with Gasteiger partial charge in [-0.1, -0.05) is 0 Å². The number of rotatable bonds is 3. The van der Waals surface area contributed by atoms with E-state index in [1.54, 1.807) is 20.0 Å². The molecule has 0 saturated carbocycles. The number of amides is 1. The van der Waals surface area contributed by atoms with Crippen LogP contribution < -0.4 is 5.32 Å². The summed E-state index contributed by atoms with van der Waals surface area (Å²) < 4.78 is 9.78. The highest BCUT2D eigenvalue weighted by molar-refractivity contribution is 5.66. The minimum absolute atomic E-state index is 0.257. The van der Waals surface area contributed by atoms with Crippen molar-refractivity contribution in [2.24, 2.45) is 0 Å². The van der Waals surface area contributed by atoms with E-state index in [2.05, 4.69) is 15.0 Å². The van der Waals surface area contributed by atoms with Crippen molar-refractivity contribution in [2.45, 2.75) is 20.4 Å². The molecule has 5 heteroatoms. The van der Waals surface area contributed by atoms with Gasteiger partial charge in [0.1, 0.15) is 5.76 Å². The lowest BCUT2D eigenvalue weighted by molar-refractivity contribution is 0.150. The van der Waals surface area contributed by atoms with Crippen LogP contribution in [0.15, 0.2) is 10.6 Å². The van der Waals surface area contributed by atoms with Crippen molar-refractivity contribution in [3.8, 4) is 0 Å². The zero-order valence-corrected chi connectivity index (χ0v) is 7.66. The predicted octanol–water partition coefficient (Wildman–Crippen LogP) is 1.23. The first kappa shape index (κ1) is 9.57. The van der Waals surface area contributed by atoms with Crippen molar-refractivity contribution >= 4 is 6.09 Å². The molecule has 0 radical (unpaired) electrons. The lowest BCUT2D eigenvalue weighted by Gasteiger charge is -2.01. The SMILES string of the molecule is CCOC(=O)NCc1ncc(C)o1. The molecule has 0 aliphatic carbocycles. The summed E-state index contributed by atoms with van der Waals surface area (Å²) in [6.45, 7) is 4.15. The number of nitrogens with one attached hydrogen (secondary N) is 1. The van der Waals surface area contributed by atoms with Gasteiger partial charge in [0.15, 0.2) is 0 Å². The van der Waals surface area contributed by atoms with Gasteiger partial charge >= 0.3 is 6.09 Å². The zero-order valence-electron chi connectivity index (χ0n) is 7.66. The Morgan fingerprint density at radius 1 is 1.77 bits per heavy atom. The number of carbonyl (C=O) groups excluding carboxylic acids is 1. The van der Waals surface area contributed by atoms with E-state index in [1.165, 1.54) is 0 Å². The molecule has 0 bridgehead atoms. The minimum Gasteiger partial charge on any atom is -0.450 e. The van der Waals surface area contributed by atoms with Crippen molar-refractivity contribution in [3.63, 3.8) is 0 Å². The summed E-state index contributed by atoms with van der Waals surface area (Å²) in [7, 11) is 0. The molecule has 0 aliphatic rings. The van der Waals surface area contributed by atoms with Crippen LogP contribution in [0.4, 0.5) is 4.79 Å². The van der Waals surface area contributed by atoms with Crippen LogP contribution in [0.2, 0.25) is 0 Å². The standard InChI is InChI=1S/C8H12N2O3/c1-3-12-8(11)10-5-7-9-4-6(2)13-7/h4H,3,5H2,1-2H3,(H,10,11). The number of aryl methyl sites for hydroxylation is 1. The van der Waals surface area contributed by atoms with Crippen LogP contribution in [0.1, 0.15) is 18.6 Å². The topological polar surface area (TPSA) is 64.4 Å². The molecule has 0 unspecified atom stereocenters. The molecular formula is C8H12N2O3. The summed E-state index contributed by atoms with van der Waals surface area (Å²) in [5, 5.41) is 2.50. The summed E-state index contributed by atoms with van der Waals surface area (Å²) in [6.07, 6.45) is 1.14. The first-order valence-electron chi connectivity index (χ1n) is 4.04. The Balaban J connectivity index is 2.30. The molecule has 0 aliphatic heterocycles. The van der Waals surface area contributed by atoms with Crippen LogP contribution in [0.3, 0.4) is 0 Å². The highest BCUT2D eigenvalue weighted by Crippen LogP contribution is 2.00. The summed E-state index contributed by atoms with van der Waals surface area (Å²) in [5.41, 5.74) is 0. The second kappa shape index (κ2) is 4.49. The number of nitrogens with zero attached hydrogens (tertiary/aromatic N) is 1. The summed E-state index contributed by atoms with van der Waals surface area (Å²) >= 11 is 0. The lowest BCUT2D eigenvalue weighted by atomic mass is 10.6. The highest BCUT2D eigenvalue weighted by atomic mass is 16.5. The van der Waals surface area contributed by atoms with Gasteiger partial charge in [0.05, 0.1) is 19.3 Å². The molecule has 0 spiro atoms. The molecule has 1 amide bonds. The van der Waals surface area contributed by atoms with Crippen molar-refractivity contribution in [3.05, 3.63) is 17.8 Å². The van der Waals surface area contributed by atoms with Crippen LogP contribution in [0.25, 0.3) is 0 Å². The maximum Gasteiger partial charge on any atom is 0.407 e. The Labute approximate surface area is 76.1 Å². The van der Waals surface area contributed by atoms with Gasteiger partial charge in [-0.25, -0.2) is 9.78 Å². The maximum absolute atomic E-state index is 10.8. The van der Waals surface area contributed by atoms with Gasteiger partial charge in [-0.15, -0.1) is 0 Å². The van der Waals surface area contributed by atoms with Crippen LogP contribution >= 0.6 is 0 Å². The van der Waals surface area contributed by atoms with Gasteiger partial charge in [0, 0.05) is 0 Å². The number of ether oxygens (including phenoxy) is 1. The van der Waals surface area contributed by atoms with Crippen molar-refractivity contribution in [2.75, 3.05) is 6.61 Å². The van der Waals surface area contributed by atoms with Gasteiger partial charge < -0.3 is 14.5 Å². The summed E-state index contributed by atoms with van der Waals surface area (Å²) in [6, 6.07) is 0. The third-order valence-electron chi connectivity index (χ3n) is 1.33. The Kier molecular flexibility index (Phi) is 3.31. The Morgan fingerprint density at radius 2 is 2.54 bits per heavy atom. The first-order chi connectivity index (χ1) is 6.22. The van der Waals surface area contributed by atoms with Crippen LogP contribution in [0, 0.1) is 6.92 Å². The quantitative estimate of drug-likeness (QED) is 0.767. The molecule has 1 aromatic rings. The fraction of sp³-hybridized carbons (Fsp3) is 0.500. The average molecular weight is 184 g/mol. The molecule has 72 valence electrons. The minimum atomic E-state index is -0.460. The van der Waals surface area contributed by atoms with Crippen molar-refractivity contribution in [1.82, 2.24) is 10.3 Å². The molecule has 1 rings (SSSR count). The maximum atomic E-state index is 10.8.